The monoisotopic (exact) mass is 356 g/mol. The molecule has 0 radical (unpaired) electrons. The summed E-state index contributed by atoms with van der Waals surface area (Å²) in [6.07, 6.45) is 1.54. The van der Waals surface area contributed by atoms with Crippen LogP contribution in [0.5, 0.6) is 0 Å². The first-order valence-corrected chi connectivity index (χ1v) is 7.49. The minimum atomic E-state index is -0.450. The molecule has 0 aliphatic heterocycles. The van der Waals surface area contributed by atoms with Gasteiger partial charge in [0.15, 0.2) is 0 Å². The average molecular weight is 358 g/mol. The van der Waals surface area contributed by atoms with Crippen LogP contribution in [0.2, 0.25) is 5.02 Å². The van der Waals surface area contributed by atoms with Gasteiger partial charge < -0.3 is 11.1 Å². The van der Waals surface area contributed by atoms with Crippen LogP contribution in [-0.4, -0.2) is 6.54 Å². The summed E-state index contributed by atoms with van der Waals surface area (Å²) >= 11 is 9.33. The second kappa shape index (κ2) is 7.07. The van der Waals surface area contributed by atoms with Crippen molar-refractivity contribution in [3.05, 3.63) is 57.3 Å². The lowest BCUT2D eigenvalue weighted by atomic mass is 10.1. The Bertz CT molecular complexity index is 590. The SMILES string of the molecule is NCCCc1c(Nc2ccccc2)cc(F)c(Cl)c1Br. The normalized spacial score (nSPS) is 10.6. The number of hydrogen-bond acceptors (Lipinski definition) is 2. The Morgan fingerprint density at radius 2 is 1.95 bits per heavy atom. The highest BCUT2D eigenvalue weighted by Gasteiger charge is 2.15. The molecule has 0 aromatic heterocycles. The maximum atomic E-state index is 13.8. The lowest BCUT2D eigenvalue weighted by Gasteiger charge is -2.15. The summed E-state index contributed by atoms with van der Waals surface area (Å²) in [5.41, 5.74) is 8.10. The maximum absolute atomic E-state index is 13.8. The van der Waals surface area contributed by atoms with Gasteiger partial charge in [-0.3, -0.25) is 0 Å². The van der Waals surface area contributed by atoms with Crippen molar-refractivity contribution in [2.75, 3.05) is 11.9 Å². The van der Waals surface area contributed by atoms with Crippen molar-refractivity contribution in [3.63, 3.8) is 0 Å². The molecule has 2 rings (SSSR count). The number of benzene rings is 2. The molecule has 0 unspecified atom stereocenters. The van der Waals surface area contributed by atoms with Crippen LogP contribution in [0.3, 0.4) is 0 Å². The molecule has 2 nitrogen and oxygen atoms in total. The molecule has 0 amide bonds. The summed E-state index contributed by atoms with van der Waals surface area (Å²) in [6.45, 7) is 0.576. The van der Waals surface area contributed by atoms with Crippen LogP contribution in [0.4, 0.5) is 15.8 Å². The highest BCUT2D eigenvalue weighted by atomic mass is 79.9. The van der Waals surface area contributed by atoms with E-state index in [1.165, 1.54) is 6.07 Å². The topological polar surface area (TPSA) is 38.0 Å². The van der Waals surface area contributed by atoms with Crippen molar-refractivity contribution < 1.29 is 4.39 Å². The number of nitrogens with one attached hydrogen (secondary N) is 1. The lowest BCUT2D eigenvalue weighted by molar-refractivity contribution is 0.626. The molecule has 0 atom stereocenters. The van der Waals surface area contributed by atoms with E-state index in [-0.39, 0.29) is 5.02 Å². The minimum absolute atomic E-state index is 0.107. The summed E-state index contributed by atoms with van der Waals surface area (Å²) in [6, 6.07) is 11.0. The number of anilines is 2. The summed E-state index contributed by atoms with van der Waals surface area (Å²) in [7, 11) is 0. The second-order valence-electron chi connectivity index (χ2n) is 4.40. The molecule has 2 aromatic carbocycles. The van der Waals surface area contributed by atoms with Crippen LogP contribution in [0.1, 0.15) is 12.0 Å². The standard InChI is InChI=1S/C15H15BrClFN2/c16-14-11(7-4-8-19)13(9-12(18)15(14)17)20-10-5-2-1-3-6-10/h1-3,5-6,9,20H,4,7-8,19H2. The van der Waals surface area contributed by atoms with Gasteiger partial charge in [-0.25, -0.2) is 4.39 Å². The Kier molecular flexibility index (Phi) is 5.40. The van der Waals surface area contributed by atoms with Gasteiger partial charge in [0.05, 0.1) is 5.02 Å². The number of halogens is 3. The molecule has 0 spiro atoms. The molecule has 0 bridgehead atoms. The van der Waals surface area contributed by atoms with Gasteiger partial charge in [0.1, 0.15) is 5.82 Å². The van der Waals surface area contributed by atoms with Crippen LogP contribution in [0.15, 0.2) is 40.9 Å². The zero-order chi connectivity index (χ0) is 14.5. The van der Waals surface area contributed by atoms with Gasteiger partial charge in [-0.1, -0.05) is 29.8 Å². The molecular weight excluding hydrogens is 343 g/mol. The lowest BCUT2D eigenvalue weighted by Crippen LogP contribution is -2.04. The van der Waals surface area contributed by atoms with Crippen molar-refractivity contribution in [1.29, 1.82) is 0 Å². The molecule has 20 heavy (non-hydrogen) atoms. The molecule has 0 heterocycles. The largest absolute Gasteiger partial charge is 0.355 e. The Balaban J connectivity index is 2.39. The smallest absolute Gasteiger partial charge is 0.145 e. The number of nitrogens with two attached hydrogens (primary N) is 1. The molecule has 2 aromatic rings. The fourth-order valence-corrected chi connectivity index (χ4v) is 2.71. The molecular formula is C15H15BrClFN2. The third kappa shape index (κ3) is 3.51. The fraction of sp³-hybridized carbons (Fsp3) is 0.200. The van der Waals surface area contributed by atoms with E-state index in [9.17, 15) is 4.39 Å². The van der Waals surface area contributed by atoms with Crippen LogP contribution in [0, 0.1) is 5.82 Å². The predicted molar refractivity (Wildman–Crippen MR) is 86.2 cm³/mol. The van der Waals surface area contributed by atoms with Crippen LogP contribution in [-0.2, 0) is 6.42 Å². The van der Waals surface area contributed by atoms with Gasteiger partial charge >= 0.3 is 0 Å². The Hall–Kier alpha value is -1.10. The average Bonchev–Trinajstić information content (AvgIpc) is 2.46. The maximum Gasteiger partial charge on any atom is 0.145 e. The first-order chi connectivity index (χ1) is 9.63. The quantitative estimate of drug-likeness (QED) is 0.749. The van der Waals surface area contributed by atoms with Gasteiger partial charge in [-0.05, 0) is 59.1 Å². The number of hydrogen-bond donors (Lipinski definition) is 2. The first-order valence-electron chi connectivity index (χ1n) is 6.32. The van der Waals surface area contributed by atoms with E-state index in [1.54, 1.807) is 0 Å². The highest BCUT2D eigenvalue weighted by Crippen LogP contribution is 2.36. The summed E-state index contributed by atoms with van der Waals surface area (Å²) in [5.74, 6) is -0.450. The highest BCUT2D eigenvalue weighted by molar-refractivity contribution is 9.10. The Morgan fingerprint density at radius 1 is 1.25 bits per heavy atom. The van der Waals surface area contributed by atoms with Crippen LogP contribution < -0.4 is 11.1 Å². The third-order valence-corrected chi connectivity index (χ3v) is 4.42. The molecule has 0 aliphatic rings. The molecule has 0 saturated heterocycles. The van der Waals surface area contributed by atoms with E-state index in [4.69, 9.17) is 17.3 Å². The van der Waals surface area contributed by atoms with Gasteiger partial charge in [0, 0.05) is 15.8 Å². The van der Waals surface area contributed by atoms with E-state index in [1.807, 2.05) is 30.3 Å². The zero-order valence-electron chi connectivity index (χ0n) is 10.8. The number of rotatable bonds is 5. The van der Waals surface area contributed by atoms with Gasteiger partial charge in [-0.2, -0.15) is 0 Å². The van der Waals surface area contributed by atoms with Crippen LogP contribution in [0.25, 0.3) is 0 Å². The van der Waals surface area contributed by atoms with E-state index in [0.29, 0.717) is 16.7 Å². The zero-order valence-corrected chi connectivity index (χ0v) is 13.1. The molecule has 3 N–H and O–H groups in total. The summed E-state index contributed by atoms with van der Waals surface area (Å²) in [4.78, 5) is 0. The van der Waals surface area contributed by atoms with Crippen molar-refractivity contribution in [2.24, 2.45) is 5.73 Å². The molecule has 0 saturated carbocycles. The number of para-hydroxylation sites is 1. The Morgan fingerprint density at radius 3 is 2.60 bits per heavy atom. The van der Waals surface area contributed by atoms with Crippen molar-refractivity contribution in [2.45, 2.75) is 12.8 Å². The molecule has 0 fully saturated rings. The second-order valence-corrected chi connectivity index (χ2v) is 5.57. The predicted octanol–water partition coefficient (Wildman–Crippen LogP) is 4.88. The van der Waals surface area contributed by atoms with Crippen molar-refractivity contribution >= 4 is 38.9 Å². The van der Waals surface area contributed by atoms with Gasteiger partial charge in [-0.15, -0.1) is 0 Å². The van der Waals surface area contributed by atoms with E-state index in [2.05, 4.69) is 21.2 Å². The summed E-state index contributed by atoms with van der Waals surface area (Å²) < 4.78 is 14.4. The van der Waals surface area contributed by atoms with E-state index < -0.39 is 5.82 Å². The van der Waals surface area contributed by atoms with E-state index in [0.717, 1.165) is 24.1 Å². The third-order valence-electron chi connectivity index (χ3n) is 2.95. The summed E-state index contributed by atoms with van der Waals surface area (Å²) in [5, 5.41) is 3.33. The van der Waals surface area contributed by atoms with Crippen molar-refractivity contribution in [3.8, 4) is 0 Å². The minimum Gasteiger partial charge on any atom is -0.355 e. The fourth-order valence-electron chi connectivity index (χ4n) is 1.94. The molecule has 5 heteroatoms. The van der Waals surface area contributed by atoms with Crippen LogP contribution >= 0.6 is 27.5 Å². The van der Waals surface area contributed by atoms with E-state index >= 15 is 0 Å². The Labute approximate surface area is 131 Å². The molecule has 0 aliphatic carbocycles. The van der Waals surface area contributed by atoms with Gasteiger partial charge in [0.25, 0.3) is 0 Å². The van der Waals surface area contributed by atoms with Crippen molar-refractivity contribution in [1.82, 2.24) is 0 Å². The van der Waals surface area contributed by atoms with Gasteiger partial charge in [0.2, 0.25) is 0 Å². The molecule has 106 valence electrons. The first kappa shape index (κ1) is 15.3.